The Labute approximate surface area is 120 Å². The molecule has 1 aromatic rings. The van der Waals surface area contributed by atoms with E-state index in [1.165, 1.54) is 5.56 Å². The van der Waals surface area contributed by atoms with Crippen molar-refractivity contribution in [2.75, 3.05) is 32.7 Å². The molecule has 19 heavy (non-hydrogen) atoms. The van der Waals surface area contributed by atoms with Crippen molar-refractivity contribution in [3.8, 4) is 0 Å². The van der Waals surface area contributed by atoms with Crippen LogP contribution in [0.3, 0.4) is 0 Å². The monoisotopic (exact) mass is 280 g/mol. The number of carbonyl (C=O) groups excluding carboxylic acids is 1. The molecule has 0 saturated carbocycles. The van der Waals surface area contributed by atoms with E-state index in [0.717, 1.165) is 50.6 Å². The molecule has 1 heterocycles. The smallest absolute Gasteiger partial charge is 0.219 e. The van der Waals surface area contributed by atoms with E-state index in [-0.39, 0.29) is 5.91 Å². The maximum absolute atomic E-state index is 11.2. The van der Waals surface area contributed by atoms with Crippen molar-refractivity contribution in [3.05, 3.63) is 34.9 Å². The van der Waals surface area contributed by atoms with Crippen molar-refractivity contribution in [3.63, 3.8) is 0 Å². The van der Waals surface area contributed by atoms with Crippen LogP contribution in [0.15, 0.2) is 24.3 Å². The summed E-state index contributed by atoms with van der Waals surface area (Å²) in [6.45, 7) is 6.50. The van der Waals surface area contributed by atoms with Crippen molar-refractivity contribution >= 4 is 17.5 Å². The van der Waals surface area contributed by atoms with E-state index in [4.69, 9.17) is 11.6 Å². The number of piperazine rings is 1. The molecule has 1 amide bonds. The minimum absolute atomic E-state index is 0.195. The summed E-state index contributed by atoms with van der Waals surface area (Å²) in [5, 5.41) is 0.795. The second-order valence-electron chi connectivity index (χ2n) is 5.08. The minimum atomic E-state index is 0.195. The lowest BCUT2D eigenvalue weighted by Crippen LogP contribution is -2.48. The molecule has 0 N–H and O–H groups in total. The summed E-state index contributed by atoms with van der Waals surface area (Å²) in [5.74, 6) is 0.195. The fraction of sp³-hybridized carbons (Fsp3) is 0.533. The summed E-state index contributed by atoms with van der Waals surface area (Å²) in [5.41, 5.74) is 1.34. The summed E-state index contributed by atoms with van der Waals surface area (Å²) >= 11 is 5.87. The van der Waals surface area contributed by atoms with Gasteiger partial charge in [0.25, 0.3) is 0 Å². The predicted octanol–water partition coefficient (Wildman–Crippen LogP) is 2.44. The van der Waals surface area contributed by atoms with E-state index in [1.54, 1.807) is 6.92 Å². The van der Waals surface area contributed by atoms with Gasteiger partial charge >= 0.3 is 0 Å². The zero-order chi connectivity index (χ0) is 13.7. The van der Waals surface area contributed by atoms with Crippen molar-refractivity contribution in [2.24, 2.45) is 0 Å². The van der Waals surface area contributed by atoms with E-state index >= 15 is 0 Å². The molecule has 0 bridgehead atoms. The number of halogens is 1. The molecule has 1 fully saturated rings. The number of carbonyl (C=O) groups is 1. The first-order valence-corrected chi connectivity index (χ1v) is 7.25. The van der Waals surface area contributed by atoms with Gasteiger partial charge in [0.05, 0.1) is 0 Å². The third-order valence-corrected chi connectivity index (χ3v) is 3.92. The number of nitrogens with zero attached hydrogens (tertiary/aromatic N) is 2. The maximum Gasteiger partial charge on any atom is 0.219 e. The van der Waals surface area contributed by atoms with Crippen LogP contribution >= 0.6 is 11.6 Å². The van der Waals surface area contributed by atoms with Gasteiger partial charge in [-0.05, 0) is 37.1 Å². The van der Waals surface area contributed by atoms with E-state index in [0.29, 0.717) is 0 Å². The van der Waals surface area contributed by atoms with Crippen LogP contribution in [0.5, 0.6) is 0 Å². The van der Waals surface area contributed by atoms with Gasteiger partial charge in [0.2, 0.25) is 5.91 Å². The van der Waals surface area contributed by atoms with Crippen molar-refractivity contribution in [2.45, 2.75) is 19.8 Å². The molecule has 3 nitrogen and oxygen atoms in total. The molecule has 1 aromatic carbocycles. The molecule has 104 valence electrons. The van der Waals surface area contributed by atoms with Crippen LogP contribution < -0.4 is 0 Å². The van der Waals surface area contributed by atoms with Crippen LogP contribution in [0.4, 0.5) is 0 Å². The average Bonchev–Trinajstić information content (AvgIpc) is 2.41. The van der Waals surface area contributed by atoms with E-state index in [9.17, 15) is 4.79 Å². The Balaban J connectivity index is 1.67. The highest BCUT2D eigenvalue weighted by molar-refractivity contribution is 6.30. The summed E-state index contributed by atoms with van der Waals surface area (Å²) in [7, 11) is 0. The number of aryl methyl sites for hydroxylation is 1. The Morgan fingerprint density at radius 1 is 1.16 bits per heavy atom. The molecule has 0 radical (unpaired) electrons. The number of hydrogen-bond acceptors (Lipinski definition) is 2. The van der Waals surface area contributed by atoms with Crippen molar-refractivity contribution < 1.29 is 4.79 Å². The standard InChI is InChI=1S/C15H21ClN2O/c1-13(19)18-11-9-17(10-12-18)8-2-3-14-4-6-15(16)7-5-14/h4-7H,2-3,8-12H2,1H3. The third-order valence-electron chi connectivity index (χ3n) is 3.67. The lowest BCUT2D eigenvalue weighted by Gasteiger charge is -2.34. The van der Waals surface area contributed by atoms with Crippen molar-refractivity contribution in [1.82, 2.24) is 9.80 Å². The van der Waals surface area contributed by atoms with Gasteiger partial charge in [0.1, 0.15) is 0 Å². The average molecular weight is 281 g/mol. The first-order valence-electron chi connectivity index (χ1n) is 6.87. The van der Waals surface area contributed by atoms with Crippen LogP contribution in [0.1, 0.15) is 18.9 Å². The molecule has 1 aliphatic heterocycles. The molecular weight excluding hydrogens is 260 g/mol. The Kier molecular flexibility index (Phi) is 5.23. The summed E-state index contributed by atoms with van der Waals surface area (Å²) in [6.07, 6.45) is 2.24. The highest BCUT2D eigenvalue weighted by atomic mass is 35.5. The molecule has 1 saturated heterocycles. The van der Waals surface area contributed by atoms with Gasteiger partial charge in [-0.15, -0.1) is 0 Å². The summed E-state index contributed by atoms with van der Waals surface area (Å²) in [4.78, 5) is 15.6. The fourth-order valence-electron chi connectivity index (χ4n) is 2.44. The lowest BCUT2D eigenvalue weighted by atomic mass is 10.1. The molecule has 0 unspecified atom stereocenters. The topological polar surface area (TPSA) is 23.6 Å². The SMILES string of the molecule is CC(=O)N1CCN(CCCc2ccc(Cl)cc2)CC1. The first-order chi connectivity index (χ1) is 9.15. The zero-order valence-electron chi connectivity index (χ0n) is 11.4. The first kappa shape index (κ1) is 14.4. The number of amides is 1. The minimum Gasteiger partial charge on any atom is -0.340 e. The second kappa shape index (κ2) is 6.92. The fourth-order valence-corrected chi connectivity index (χ4v) is 2.57. The van der Waals surface area contributed by atoms with Crippen LogP contribution in [0.25, 0.3) is 0 Å². The number of hydrogen-bond donors (Lipinski definition) is 0. The lowest BCUT2D eigenvalue weighted by molar-refractivity contribution is -0.130. The third kappa shape index (κ3) is 4.51. The zero-order valence-corrected chi connectivity index (χ0v) is 12.2. The van der Waals surface area contributed by atoms with Crippen molar-refractivity contribution in [1.29, 1.82) is 0 Å². The number of rotatable bonds is 4. The van der Waals surface area contributed by atoms with Gasteiger partial charge in [0, 0.05) is 38.1 Å². The van der Waals surface area contributed by atoms with Gasteiger partial charge in [0.15, 0.2) is 0 Å². The van der Waals surface area contributed by atoms with Gasteiger partial charge in [-0.3, -0.25) is 9.69 Å². The van der Waals surface area contributed by atoms with Crippen LogP contribution in [0.2, 0.25) is 5.02 Å². The van der Waals surface area contributed by atoms with E-state index in [1.807, 2.05) is 17.0 Å². The molecule has 0 atom stereocenters. The second-order valence-corrected chi connectivity index (χ2v) is 5.51. The molecule has 0 aliphatic carbocycles. The summed E-state index contributed by atoms with van der Waals surface area (Å²) in [6, 6.07) is 8.08. The summed E-state index contributed by atoms with van der Waals surface area (Å²) < 4.78 is 0. The van der Waals surface area contributed by atoms with E-state index < -0.39 is 0 Å². The van der Waals surface area contributed by atoms with Crippen LogP contribution in [-0.4, -0.2) is 48.4 Å². The molecule has 0 spiro atoms. The van der Waals surface area contributed by atoms with Gasteiger partial charge in [-0.1, -0.05) is 23.7 Å². The van der Waals surface area contributed by atoms with E-state index in [2.05, 4.69) is 17.0 Å². The molecule has 2 rings (SSSR count). The normalized spacial score (nSPS) is 16.6. The molecular formula is C15H21ClN2O. The predicted molar refractivity (Wildman–Crippen MR) is 78.5 cm³/mol. The Morgan fingerprint density at radius 2 is 1.79 bits per heavy atom. The molecule has 0 aromatic heterocycles. The largest absolute Gasteiger partial charge is 0.340 e. The van der Waals surface area contributed by atoms with Gasteiger partial charge < -0.3 is 4.90 Å². The van der Waals surface area contributed by atoms with Gasteiger partial charge in [-0.25, -0.2) is 0 Å². The number of benzene rings is 1. The van der Waals surface area contributed by atoms with Gasteiger partial charge in [-0.2, -0.15) is 0 Å². The molecule has 1 aliphatic rings. The Bertz CT molecular complexity index is 411. The highest BCUT2D eigenvalue weighted by Gasteiger charge is 2.17. The maximum atomic E-state index is 11.2. The van der Waals surface area contributed by atoms with Crippen LogP contribution in [0, 0.1) is 0 Å². The quantitative estimate of drug-likeness (QED) is 0.846. The Hall–Kier alpha value is -1.06. The molecule has 4 heteroatoms. The van der Waals surface area contributed by atoms with Crippen LogP contribution in [-0.2, 0) is 11.2 Å². The Morgan fingerprint density at radius 3 is 2.37 bits per heavy atom. The highest BCUT2D eigenvalue weighted by Crippen LogP contribution is 2.11.